The second-order valence-corrected chi connectivity index (χ2v) is 5.85. The minimum absolute atomic E-state index is 0.278. The number of hydrogen-bond acceptors (Lipinski definition) is 3. The highest BCUT2D eigenvalue weighted by Gasteiger charge is 2.04. The molecule has 1 rings (SSSR count). The van der Waals surface area contributed by atoms with E-state index in [0.717, 1.165) is 11.3 Å². The lowest BCUT2D eigenvalue weighted by molar-refractivity contribution is 0.252. The van der Waals surface area contributed by atoms with Crippen molar-refractivity contribution in [2.24, 2.45) is 0 Å². The van der Waals surface area contributed by atoms with Crippen molar-refractivity contribution in [3.8, 4) is 0 Å². The van der Waals surface area contributed by atoms with Crippen LogP contribution in [-0.4, -0.2) is 35.8 Å². The number of rotatable bonds is 6. The van der Waals surface area contributed by atoms with Crippen LogP contribution in [0.25, 0.3) is 0 Å². The third kappa shape index (κ3) is 5.85. The maximum Gasteiger partial charge on any atom is 0.319 e. The first-order valence-electron chi connectivity index (χ1n) is 6.15. The number of hydrogen-bond donors (Lipinski definition) is 3. The molecule has 106 valence electrons. The van der Waals surface area contributed by atoms with Gasteiger partial charge in [0.1, 0.15) is 0 Å². The molecular formula is C13H21N3O2S. The topological polar surface area (TPSA) is 70.2 Å². The van der Waals surface area contributed by atoms with Crippen molar-refractivity contribution < 1.29 is 9.00 Å². The van der Waals surface area contributed by atoms with Crippen LogP contribution in [0.4, 0.5) is 10.5 Å². The maximum absolute atomic E-state index is 11.5. The summed E-state index contributed by atoms with van der Waals surface area (Å²) in [6.07, 6.45) is 1.61. The van der Waals surface area contributed by atoms with E-state index in [2.05, 4.69) is 22.9 Å². The van der Waals surface area contributed by atoms with Gasteiger partial charge in [0, 0.05) is 41.1 Å². The summed E-state index contributed by atoms with van der Waals surface area (Å²) in [6, 6.07) is 7.67. The van der Waals surface area contributed by atoms with Gasteiger partial charge in [0.2, 0.25) is 0 Å². The molecule has 2 atom stereocenters. The molecule has 2 amide bonds. The summed E-state index contributed by atoms with van der Waals surface area (Å²) in [5.74, 6) is 0.464. The first-order valence-corrected chi connectivity index (χ1v) is 7.87. The van der Waals surface area contributed by atoms with E-state index in [0.29, 0.717) is 12.3 Å². The van der Waals surface area contributed by atoms with E-state index in [9.17, 15) is 9.00 Å². The van der Waals surface area contributed by atoms with Crippen molar-refractivity contribution in [3.63, 3.8) is 0 Å². The minimum Gasteiger partial charge on any atom is -0.337 e. The molecule has 3 N–H and O–H groups in total. The van der Waals surface area contributed by atoms with Crippen LogP contribution in [0.15, 0.2) is 24.3 Å². The number of nitrogens with one attached hydrogen (secondary N) is 3. The lowest BCUT2D eigenvalue weighted by atomic mass is 10.1. The van der Waals surface area contributed by atoms with Crippen molar-refractivity contribution in [1.29, 1.82) is 0 Å². The van der Waals surface area contributed by atoms with Gasteiger partial charge >= 0.3 is 6.03 Å². The van der Waals surface area contributed by atoms with Gasteiger partial charge in [0.05, 0.1) is 0 Å². The van der Waals surface area contributed by atoms with E-state index in [1.54, 1.807) is 6.26 Å². The van der Waals surface area contributed by atoms with E-state index in [4.69, 9.17) is 0 Å². The van der Waals surface area contributed by atoms with E-state index in [-0.39, 0.29) is 12.1 Å². The quantitative estimate of drug-likeness (QED) is 0.740. The Morgan fingerprint density at radius 3 is 2.47 bits per heavy atom. The molecule has 0 bridgehead atoms. The molecule has 0 fully saturated rings. The van der Waals surface area contributed by atoms with Crippen molar-refractivity contribution in [1.82, 2.24) is 10.6 Å². The van der Waals surface area contributed by atoms with Crippen molar-refractivity contribution >= 4 is 22.5 Å². The van der Waals surface area contributed by atoms with E-state index >= 15 is 0 Å². The monoisotopic (exact) mass is 283 g/mol. The van der Waals surface area contributed by atoms with Gasteiger partial charge in [0.25, 0.3) is 0 Å². The van der Waals surface area contributed by atoms with Crippen LogP contribution in [0, 0.1) is 0 Å². The molecule has 1 aromatic carbocycles. The van der Waals surface area contributed by atoms with E-state index in [1.807, 2.05) is 31.3 Å². The van der Waals surface area contributed by atoms with Crippen molar-refractivity contribution in [3.05, 3.63) is 29.8 Å². The lowest BCUT2D eigenvalue weighted by Crippen LogP contribution is -2.31. The Morgan fingerprint density at radius 1 is 1.32 bits per heavy atom. The zero-order valence-electron chi connectivity index (χ0n) is 11.5. The highest BCUT2D eigenvalue weighted by molar-refractivity contribution is 7.84. The van der Waals surface area contributed by atoms with Gasteiger partial charge < -0.3 is 16.0 Å². The van der Waals surface area contributed by atoms with Crippen LogP contribution in [0.1, 0.15) is 18.5 Å². The lowest BCUT2D eigenvalue weighted by Gasteiger charge is -2.12. The molecule has 0 saturated heterocycles. The molecular weight excluding hydrogens is 262 g/mol. The van der Waals surface area contributed by atoms with Gasteiger partial charge in [-0.15, -0.1) is 0 Å². The second-order valence-electron chi connectivity index (χ2n) is 4.29. The van der Waals surface area contributed by atoms with Crippen LogP contribution in [-0.2, 0) is 10.8 Å². The van der Waals surface area contributed by atoms with Crippen LogP contribution >= 0.6 is 0 Å². The largest absolute Gasteiger partial charge is 0.337 e. The predicted molar refractivity (Wildman–Crippen MR) is 79.9 cm³/mol. The third-order valence-electron chi connectivity index (χ3n) is 2.78. The zero-order chi connectivity index (χ0) is 14.3. The Morgan fingerprint density at radius 2 is 1.95 bits per heavy atom. The van der Waals surface area contributed by atoms with E-state index in [1.165, 1.54) is 0 Å². The molecule has 0 radical (unpaired) electrons. The van der Waals surface area contributed by atoms with Gasteiger partial charge in [-0.1, -0.05) is 12.1 Å². The fourth-order valence-electron chi connectivity index (χ4n) is 1.51. The first-order chi connectivity index (χ1) is 9.02. The maximum atomic E-state index is 11.5. The number of benzene rings is 1. The number of urea groups is 1. The molecule has 5 nitrogen and oxygen atoms in total. The summed E-state index contributed by atoms with van der Waals surface area (Å²) in [4.78, 5) is 11.5. The van der Waals surface area contributed by atoms with Crippen LogP contribution in [0.2, 0.25) is 0 Å². The summed E-state index contributed by atoms with van der Waals surface area (Å²) in [7, 11) is 1.02. The molecule has 0 aromatic heterocycles. The van der Waals surface area contributed by atoms with E-state index < -0.39 is 10.8 Å². The smallest absolute Gasteiger partial charge is 0.319 e. The van der Waals surface area contributed by atoms with Gasteiger partial charge in [-0.2, -0.15) is 0 Å². The predicted octanol–water partition coefficient (Wildman–Crippen LogP) is 1.47. The highest BCUT2D eigenvalue weighted by atomic mass is 32.2. The van der Waals surface area contributed by atoms with Crippen LogP contribution in [0.3, 0.4) is 0 Å². The molecule has 2 unspecified atom stereocenters. The molecule has 0 aliphatic rings. The molecule has 19 heavy (non-hydrogen) atoms. The third-order valence-corrected chi connectivity index (χ3v) is 3.56. The van der Waals surface area contributed by atoms with Crippen LogP contribution < -0.4 is 16.0 Å². The van der Waals surface area contributed by atoms with Gasteiger partial charge in [-0.05, 0) is 31.7 Å². The Bertz CT molecular complexity index is 434. The average Bonchev–Trinajstić information content (AvgIpc) is 2.38. The fraction of sp³-hybridized carbons (Fsp3) is 0.462. The standard InChI is InChI=1S/C13H21N3O2S/c1-10(14-2)11-4-6-12(7-5-11)16-13(17)15-8-9-19(3)18/h4-7,10,14H,8-9H2,1-3H3,(H2,15,16,17). The van der Waals surface area contributed by atoms with Gasteiger partial charge in [-0.25, -0.2) is 4.79 Å². The number of anilines is 1. The summed E-state index contributed by atoms with van der Waals surface area (Å²) in [6.45, 7) is 2.48. The van der Waals surface area contributed by atoms with Crippen molar-refractivity contribution in [2.45, 2.75) is 13.0 Å². The molecule has 6 heteroatoms. The SMILES string of the molecule is CNC(C)c1ccc(NC(=O)NCCS(C)=O)cc1. The number of amides is 2. The molecule has 0 saturated carbocycles. The van der Waals surface area contributed by atoms with Gasteiger partial charge in [-0.3, -0.25) is 4.21 Å². The summed E-state index contributed by atoms with van der Waals surface area (Å²) in [5, 5.41) is 8.54. The Kier molecular flexibility index (Phi) is 6.52. The van der Waals surface area contributed by atoms with Crippen LogP contribution in [0.5, 0.6) is 0 Å². The summed E-state index contributed by atoms with van der Waals surface area (Å²) >= 11 is 0. The number of carbonyl (C=O) groups is 1. The van der Waals surface area contributed by atoms with Crippen molar-refractivity contribution in [2.75, 3.05) is 30.9 Å². The minimum atomic E-state index is -0.887. The summed E-state index contributed by atoms with van der Waals surface area (Å²) in [5.41, 5.74) is 1.90. The Hall–Kier alpha value is -1.40. The summed E-state index contributed by atoms with van der Waals surface area (Å²) < 4.78 is 10.8. The first kappa shape index (κ1) is 15.7. The number of carbonyl (C=O) groups excluding carboxylic acids is 1. The molecule has 0 aliphatic heterocycles. The normalized spacial score (nSPS) is 13.6. The second kappa shape index (κ2) is 7.91. The molecule has 0 heterocycles. The van der Waals surface area contributed by atoms with Gasteiger partial charge in [0.15, 0.2) is 0 Å². The average molecular weight is 283 g/mol. The Labute approximate surface area is 116 Å². The molecule has 0 spiro atoms. The fourth-order valence-corrected chi connectivity index (χ4v) is 1.89. The zero-order valence-corrected chi connectivity index (χ0v) is 12.3. The highest BCUT2D eigenvalue weighted by Crippen LogP contribution is 2.15. The molecule has 1 aromatic rings. The molecule has 0 aliphatic carbocycles. The Balaban J connectivity index is 2.44.